The third-order valence-electron chi connectivity index (χ3n) is 4.56. The number of nitrogens with one attached hydrogen (secondary N) is 1. The van der Waals surface area contributed by atoms with Crippen LogP contribution in [-0.2, 0) is 10.3 Å². The minimum absolute atomic E-state index is 0.00408. The Hall–Kier alpha value is -1.56. The van der Waals surface area contributed by atoms with Gasteiger partial charge in [0.2, 0.25) is 0 Å². The van der Waals surface area contributed by atoms with Crippen LogP contribution in [0.1, 0.15) is 58.3 Å². The van der Waals surface area contributed by atoms with Crippen LogP contribution in [0.3, 0.4) is 0 Å². The zero-order chi connectivity index (χ0) is 17.9. The standard InChI is InChI=1S/C18H32N4O2/c1-7-24-12-15-8-9-21(10-15)17(23)19-13(2)16-11-22(18(4,5)6)20-14(16)3/h11,13,15H,7-10,12H2,1-6H3,(H,19,23). The maximum Gasteiger partial charge on any atom is 0.317 e. The molecule has 1 aromatic rings. The van der Waals surface area contributed by atoms with Crippen LogP contribution in [0.15, 0.2) is 6.20 Å². The molecule has 24 heavy (non-hydrogen) atoms. The maximum atomic E-state index is 12.5. The zero-order valence-corrected chi connectivity index (χ0v) is 15.9. The molecule has 1 aliphatic heterocycles. The van der Waals surface area contributed by atoms with Crippen molar-refractivity contribution in [3.8, 4) is 0 Å². The largest absolute Gasteiger partial charge is 0.381 e. The Kier molecular flexibility index (Phi) is 5.91. The van der Waals surface area contributed by atoms with E-state index in [1.165, 1.54) is 0 Å². The molecular weight excluding hydrogens is 304 g/mol. The summed E-state index contributed by atoms with van der Waals surface area (Å²) in [6.07, 6.45) is 3.06. The number of hydrogen-bond donors (Lipinski definition) is 1. The topological polar surface area (TPSA) is 59.4 Å². The van der Waals surface area contributed by atoms with Crippen molar-refractivity contribution < 1.29 is 9.53 Å². The molecule has 0 aromatic carbocycles. The number of nitrogens with zero attached hydrogens (tertiary/aromatic N) is 3. The van der Waals surface area contributed by atoms with Crippen LogP contribution in [0.25, 0.3) is 0 Å². The van der Waals surface area contributed by atoms with Gasteiger partial charge in [-0.15, -0.1) is 0 Å². The SMILES string of the molecule is CCOCC1CCN(C(=O)NC(C)c2cn(C(C)(C)C)nc2C)C1. The summed E-state index contributed by atoms with van der Waals surface area (Å²) in [5.74, 6) is 0.455. The Labute approximate surface area is 145 Å². The van der Waals surface area contributed by atoms with Gasteiger partial charge in [-0.25, -0.2) is 4.79 Å². The number of likely N-dealkylation sites (tertiary alicyclic amines) is 1. The molecule has 0 bridgehead atoms. The molecule has 2 amide bonds. The smallest absolute Gasteiger partial charge is 0.317 e. The van der Waals surface area contributed by atoms with E-state index in [4.69, 9.17) is 4.74 Å². The lowest BCUT2D eigenvalue weighted by molar-refractivity contribution is 0.113. The Morgan fingerprint density at radius 3 is 2.79 bits per heavy atom. The second-order valence-electron chi connectivity index (χ2n) is 7.72. The van der Waals surface area contributed by atoms with Crippen LogP contribution in [0, 0.1) is 12.8 Å². The number of hydrogen-bond acceptors (Lipinski definition) is 3. The molecule has 0 aliphatic carbocycles. The summed E-state index contributed by atoms with van der Waals surface area (Å²) in [6, 6.07) is -0.0519. The average Bonchev–Trinajstić information content (AvgIpc) is 3.11. The molecule has 2 heterocycles. The number of amides is 2. The van der Waals surface area contributed by atoms with Crippen molar-refractivity contribution in [1.82, 2.24) is 20.0 Å². The molecule has 1 saturated heterocycles. The Balaban J connectivity index is 1.94. The first kappa shape index (κ1) is 18.8. The first-order valence-electron chi connectivity index (χ1n) is 8.92. The molecule has 2 atom stereocenters. The number of ether oxygens (including phenoxy) is 1. The molecule has 2 rings (SSSR count). The van der Waals surface area contributed by atoms with Gasteiger partial charge in [-0.3, -0.25) is 4.68 Å². The Morgan fingerprint density at radius 1 is 1.50 bits per heavy atom. The highest BCUT2D eigenvalue weighted by molar-refractivity contribution is 5.75. The average molecular weight is 336 g/mol. The van der Waals surface area contributed by atoms with E-state index in [0.717, 1.165) is 44.0 Å². The predicted molar refractivity (Wildman–Crippen MR) is 95.1 cm³/mol. The van der Waals surface area contributed by atoms with Gasteiger partial charge < -0.3 is 15.0 Å². The normalized spacial score (nSPS) is 19.6. The molecule has 2 unspecified atom stereocenters. The highest BCUT2D eigenvalue weighted by Crippen LogP contribution is 2.22. The number of aryl methyl sites for hydroxylation is 1. The van der Waals surface area contributed by atoms with Crippen molar-refractivity contribution >= 4 is 6.03 Å². The summed E-state index contributed by atoms with van der Waals surface area (Å²) in [5.41, 5.74) is 1.98. The highest BCUT2D eigenvalue weighted by Gasteiger charge is 2.28. The summed E-state index contributed by atoms with van der Waals surface area (Å²) >= 11 is 0. The van der Waals surface area contributed by atoms with Crippen molar-refractivity contribution in [1.29, 1.82) is 0 Å². The van der Waals surface area contributed by atoms with Crippen LogP contribution in [0.2, 0.25) is 0 Å². The quantitative estimate of drug-likeness (QED) is 0.899. The van der Waals surface area contributed by atoms with Crippen LogP contribution >= 0.6 is 0 Å². The van der Waals surface area contributed by atoms with Crippen molar-refractivity contribution in [2.45, 2.75) is 59.5 Å². The van der Waals surface area contributed by atoms with Gasteiger partial charge >= 0.3 is 6.03 Å². The molecule has 1 aromatic heterocycles. The van der Waals surface area contributed by atoms with Gasteiger partial charge in [0.15, 0.2) is 0 Å². The van der Waals surface area contributed by atoms with E-state index in [1.54, 1.807) is 0 Å². The fraction of sp³-hybridized carbons (Fsp3) is 0.778. The first-order chi connectivity index (χ1) is 11.2. The lowest BCUT2D eigenvalue weighted by atomic mass is 10.1. The number of urea groups is 1. The molecule has 0 saturated carbocycles. The monoisotopic (exact) mass is 336 g/mol. The lowest BCUT2D eigenvalue weighted by Gasteiger charge is -2.21. The Bertz CT molecular complexity index is 562. The number of aromatic nitrogens is 2. The number of rotatable bonds is 5. The van der Waals surface area contributed by atoms with E-state index in [9.17, 15) is 4.79 Å². The molecule has 136 valence electrons. The van der Waals surface area contributed by atoms with E-state index in [-0.39, 0.29) is 17.6 Å². The van der Waals surface area contributed by atoms with Crippen LogP contribution in [0.5, 0.6) is 0 Å². The number of carbonyl (C=O) groups excluding carboxylic acids is 1. The van der Waals surface area contributed by atoms with Crippen molar-refractivity contribution in [2.24, 2.45) is 5.92 Å². The summed E-state index contributed by atoms with van der Waals surface area (Å²) in [7, 11) is 0. The molecule has 0 spiro atoms. The van der Waals surface area contributed by atoms with Gasteiger partial charge in [0, 0.05) is 37.4 Å². The molecule has 1 N–H and O–H groups in total. The van der Waals surface area contributed by atoms with Crippen molar-refractivity contribution in [2.75, 3.05) is 26.3 Å². The van der Waals surface area contributed by atoms with E-state index >= 15 is 0 Å². The molecule has 6 nitrogen and oxygen atoms in total. The second kappa shape index (κ2) is 7.55. The minimum atomic E-state index is -0.0613. The fourth-order valence-electron chi connectivity index (χ4n) is 3.03. The van der Waals surface area contributed by atoms with Gasteiger partial charge in [-0.1, -0.05) is 0 Å². The minimum Gasteiger partial charge on any atom is -0.381 e. The molecule has 0 radical (unpaired) electrons. The van der Waals surface area contributed by atoms with Gasteiger partial charge in [0.05, 0.1) is 23.9 Å². The van der Waals surface area contributed by atoms with Gasteiger partial charge in [-0.05, 0) is 48.0 Å². The molecule has 6 heteroatoms. The van der Waals surface area contributed by atoms with E-state index in [1.807, 2.05) is 36.5 Å². The van der Waals surface area contributed by atoms with E-state index < -0.39 is 0 Å². The maximum absolute atomic E-state index is 12.5. The Morgan fingerprint density at radius 2 is 2.21 bits per heavy atom. The predicted octanol–water partition coefficient (Wildman–Crippen LogP) is 3.08. The number of carbonyl (C=O) groups is 1. The molecule has 1 aliphatic rings. The lowest BCUT2D eigenvalue weighted by Crippen LogP contribution is -2.40. The first-order valence-corrected chi connectivity index (χ1v) is 8.92. The van der Waals surface area contributed by atoms with Crippen molar-refractivity contribution in [3.05, 3.63) is 17.5 Å². The summed E-state index contributed by atoms with van der Waals surface area (Å²) in [6.45, 7) is 15.4. The molecule has 1 fully saturated rings. The van der Waals surface area contributed by atoms with Crippen LogP contribution < -0.4 is 5.32 Å². The van der Waals surface area contributed by atoms with Gasteiger partial charge in [0.1, 0.15) is 0 Å². The zero-order valence-electron chi connectivity index (χ0n) is 15.9. The third-order valence-corrected chi connectivity index (χ3v) is 4.56. The molecular formula is C18H32N4O2. The second-order valence-corrected chi connectivity index (χ2v) is 7.72. The summed E-state index contributed by atoms with van der Waals surface area (Å²) in [4.78, 5) is 14.4. The van der Waals surface area contributed by atoms with E-state index in [0.29, 0.717) is 5.92 Å². The highest BCUT2D eigenvalue weighted by atomic mass is 16.5. The fourth-order valence-corrected chi connectivity index (χ4v) is 3.03. The van der Waals surface area contributed by atoms with Crippen LogP contribution in [0.4, 0.5) is 4.79 Å². The summed E-state index contributed by atoms with van der Waals surface area (Å²) < 4.78 is 7.44. The van der Waals surface area contributed by atoms with Crippen LogP contribution in [-0.4, -0.2) is 47.0 Å². The van der Waals surface area contributed by atoms with Gasteiger partial charge in [0.25, 0.3) is 0 Å². The van der Waals surface area contributed by atoms with Crippen molar-refractivity contribution in [3.63, 3.8) is 0 Å². The summed E-state index contributed by atoms with van der Waals surface area (Å²) in [5, 5.41) is 7.70. The van der Waals surface area contributed by atoms with Gasteiger partial charge in [-0.2, -0.15) is 5.10 Å². The van der Waals surface area contributed by atoms with E-state index in [2.05, 4.69) is 31.2 Å². The third kappa shape index (κ3) is 4.50.